The quantitative estimate of drug-likeness (QED) is 0.547. The Morgan fingerprint density at radius 2 is 1.75 bits per heavy atom. The number of carbonyl (C=O) groups is 2. The SMILES string of the molecule is COCCOc1cccc(NC(=O)CNc2ccc(C(=O)NC(C)C)cc2)c1. The Bertz CT molecular complexity index is 775. The molecule has 0 aromatic heterocycles. The van der Waals surface area contributed by atoms with Gasteiger partial charge in [-0.2, -0.15) is 0 Å². The van der Waals surface area contributed by atoms with Crippen molar-refractivity contribution in [2.24, 2.45) is 0 Å². The summed E-state index contributed by atoms with van der Waals surface area (Å²) >= 11 is 0. The van der Waals surface area contributed by atoms with E-state index in [1.165, 1.54) is 0 Å². The summed E-state index contributed by atoms with van der Waals surface area (Å²) in [5.41, 5.74) is 1.99. The average Bonchev–Trinajstić information content (AvgIpc) is 2.67. The molecule has 3 N–H and O–H groups in total. The van der Waals surface area contributed by atoms with Crippen LogP contribution in [0.5, 0.6) is 5.75 Å². The molecule has 0 atom stereocenters. The number of hydrogen-bond acceptors (Lipinski definition) is 5. The van der Waals surface area contributed by atoms with Crippen LogP contribution in [0.3, 0.4) is 0 Å². The second kappa shape index (κ2) is 10.9. The summed E-state index contributed by atoms with van der Waals surface area (Å²) in [6.07, 6.45) is 0. The lowest BCUT2D eigenvalue weighted by Crippen LogP contribution is -2.30. The van der Waals surface area contributed by atoms with Crippen molar-refractivity contribution >= 4 is 23.2 Å². The molecule has 2 amide bonds. The molecule has 2 rings (SSSR count). The molecule has 0 spiro atoms. The Kier molecular flexibility index (Phi) is 8.30. The molecule has 0 fully saturated rings. The molecular weight excluding hydrogens is 358 g/mol. The van der Waals surface area contributed by atoms with Crippen LogP contribution in [-0.4, -0.2) is 44.7 Å². The Labute approximate surface area is 165 Å². The van der Waals surface area contributed by atoms with Crippen LogP contribution < -0.4 is 20.7 Å². The first-order chi connectivity index (χ1) is 13.5. The summed E-state index contributed by atoms with van der Waals surface area (Å²) in [6.45, 7) is 4.87. The fourth-order valence-corrected chi connectivity index (χ4v) is 2.38. The summed E-state index contributed by atoms with van der Waals surface area (Å²) < 4.78 is 10.5. The predicted molar refractivity (Wildman–Crippen MR) is 110 cm³/mol. The molecule has 0 saturated heterocycles. The number of carbonyl (C=O) groups excluding carboxylic acids is 2. The standard InChI is InChI=1S/C21H27N3O4/c1-15(2)23-21(26)16-7-9-17(10-8-16)22-14-20(25)24-18-5-4-6-19(13-18)28-12-11-27-3/h4-10,13,15,22H,11-12,14H2,1-3H3,(H,23,26)(H,24,25). The highest BCUT2D eigenvalue weighted by Crippen LogP contribution is 2.17. The zero-order chi connectivity index (χ0) is 20.4. The van der Waals surface area contributed by atoms with Crippen molar-refractivity contribution in [1.82, 2.24) is 5.32 Å². The van der Waals surface area contributed by atoms with Gasteiger partial charge in [0.1, 0.15) is 12.4 Å². The van der Waals surface area contributed by atoms with Crippen LogP contribution in [-0.2, 0) is 9.53 Å². The minimum atomic E-state index is -0.185. The van der Waals surface area contributed by atoms with E-state index >= 15 is 0 Å². The van der Waals surface area contributed by atoms with Gasteiger partial charge in [-0.05, 0) is 50.2 Å². The summed E-state index contributed by atoms with van der Waals surface area (Å²) in [7, 11) is 1.61. The van der Waals surface area contributed by atoms with Gasteiger partial charge in [0.05, 0.1) is 13.2 Å². The van der Waals surface area contributed by atoms with E-state index in [0.29, 0.717) is 30.2 Å². The van der Waals surface area contributed by atoms with Gasteiger partial charge in [0.2, 0.25) is 5.91 Å². The molecule has 0 aliphatic rings. The lowest BCUT2D eigenvalue weighted by molar-refractivity contribution is -0.114. The van der Waals surface area contributed by atoms with Gasteiger partial charge in [-0.15, -0.1) is 0 Å². The van der Waals surface area contributed by atoms with Crippen molar-refractivity contribution < 1.29 is 19.1 Å². The van der Waals surface area contributed by atoms with Crippen molar-refractivity contribution in [2.75, 3.05) is 37.5 Å². The van der Waals surface area contributed by atoms with E-state index < -0.39 is 0 Å². The van der Waals surface area contributed by atoms with E-state index in [1.54, 1.807) is 43.5 Å². The molecule has 0 saturated carbocycles. The second-order valence-corrected chi connectivity index (χ2v) is 6.48. The molecule has 28 heavy (non-hydrogen) atoms. The Hall–Kier alpha value is -3.06. The number of nitrogens with one attached hydrogen (secondary N) is 3. The van der Waals surface area contributed by atoms with Gasteiger partial charge in [0.25, 0.3) is 5.91 Å². The van der Waals surface area contributed by atoms with E-state index in [0.717, 1.165) is 5.69 Å². The first-order valence-electron chi connectivity index (χ1n) is 9.14. The van der Waals surface area contributed by atoms with Crippen LogP contribution in [0.2, 0.25) is 0 Å². The van der Waals surface area contributed by atoms with Gasteiger partial charge in [-0.1, -0.05) is 6.07 Å². The van der Waals surface area contributed by atoms with Gasteiger partial charge < -0.3 is 25.4 Å². The van der Waals surface area contributed by atoms with Crippen LogP contribution in [0.15, 0.2) is 48.5 Å². The van der Waals surface area contributed by atoms with Crippen LogP contribution in [0.1, 0.15) is 24.2 Å². The minimum absolute atomic E-state index is 0.0814. The fraction of sp³-hybridized carbons (Fsp3) is 0.333. The molecule has 0 heterocycles. The predicted octanol–water partition coefficient (Wildman–Crippen LogP) is 2.90. The van der Waals surface area contributed by atoms with Gasteiger partial charge >= 0.3 is 0 Å². The third-order valence-electron chi connectivity index (χ3n) is 3.69. The molecule has 2 aromatic rings. The van der Waals surface area contributed by atoms with Gasteiger partial charge in [0.15, 0.2) is 0 Å². The Morgan fingerprint density at radius 3 is 2.43 bits per heavy atom. The number of benzene rings is 2. The zero-order valence-electron chi connectivity index (χ0n) is 16.5. The lowest BCUT2D eigenvalue weighted by Gasteiger charge is -2.11. The van der Waals surface area contributed by atoms with Crippen molar-refractivity contribution in [3.8, 4) is 5.75 Å². The number of methoxy groups -OCH3 is 1. The summed E-state index contributed by atoms with van der Waals surface area (Å²) in [5, 5.41) is 8.69. The molecule has 7 heteroatoms. The molecule has 2 aromatic carbocycles. The van der Waals surface area contributed by atoms with Crippen molar-refractivity contribution in [3.05, 3.63) is 54.1 Å². The molecular formula is C21H27N3O4. The number of hydrogen-bond donors (Lipinski definition) is 3. The van der Waals surface area contributed by atoms with Crippen LogP contribution in [0, 0.1) is 0 Å². The highest BCUT2D eigenvalue weighted by Gasteiger charge is 2.07. The molecule has 7 nitrogen and oxygen atoms in total. The largest absolute Gasteiger partial charge is 0.491 e. The first-order valence-corrected chi connectivity index (χ1v) is 9.14. The molecule has 150 valence electrons. The maximum Gasteiger partial charge on any atom is 0.251 e. The highest BCUT2D eigenvalue weighted by atomic mass is 16.5. The molecule has 0 aliphatic heterocycles. The normalized spacial score (nSPS) is 10.4. The molecule has 0 aliphatic carbocycles. The Morgan fingerprint density at radius 1 is 1.00 bits per heavy atom. The average molecular weight is 385 g/mol. The lowest BCUT2D eigenvalue weighted by atomic mass is 10.2. The summed E-state index contributed by atoms with van der Waals surface area (Å²) in [6, 6.07) is 14.3. The summed E-state index contributed by atoms with van der Waals surface area (Å²) in [5.74, 6) is 0.362. The van der Waals surface area contributed by atoms with Crippen LogP contribution in [0.25, 0.3) is 0 Å². The van der Waals surface area contributed by atoms with Crippen molar-refractivity contribution in [1.29, 1.82) is 0 Å². The number of rotatable bonds is 10. The van der Waals surface area contributed by atoms with E-state index in [4.69, 9.17) is 9.47 Å². The smallest absolute Gasteiger partial charge is 0.251 e. The van der Waals surface area contributed by atoms with E-state index in [9.17, 15) is 9.59 Å². The third kappa shape index (κ3) is 7.28. The minimum Gasteiger partial charge on any atom is -0.491 e. The molecule has 0 bridgehead atoms. The fourth-order valence-electron chi connectivity index (χ4n) is 2.38. The maximum absolute atomic E-state index is 12.2. The van der Waals surface area contributed by atoms with E-state index in [2.05, 4.69) is 16.0 Å². The number of anilines is 2. The first kappa shape index (κ1) is 21.2. The molecule has 0 radical (unpaired) electrons. The van der Waals surface area contributed by atoms with Crippen LogP contribution >= 0.6 is 0 Å². The number of amides is 2. The molecule has 0 unspecified atom stereocenters. The maximum atomic E-state index is 12.2. The second-order valence-electron chi connectivity index (χ2n) is 6.48. The van der Waals surface area contributed by atoms with Gasteiger partial charge in [-0.25, -0.2) is 0 Å². The Balaban J connectivity index is 1.82. The van der Waals surface area contributed by atoms with Crippen LogP contribution in [0.4, 0.5) is 11.4 Å². The van der Waals surface area contributed by atoms with Crippen molar-refractivity contribution in [3.63, 3.8) is 0 Å². The van der Waals surface area contributed by atoms with Gasteiger partial charge in [-0.3, -0.25) is 9.59 Å². The number of ether oxygens (including phenoxy) is 2. The highest BCUT2D eigenvalue weighted by molar-refractivity contribution is 5.95. The topological polar surface area (TPSA) is 88.7 Å². The van der Waals surface area contributed by atoms with Gasteiger partial charge in [0, 0.05) is 36.2 Å². The van der Waals surface area contributed by atoms with Crippen molar-refractivity contribution in [2.45, 2.75) is 19.9 Å². The third-order valence-corrected chi connectivity index (χ3v) is 3.69. The van der Waals surface area contributed by atoms with E-state index in [-0.39, 0.29) is 24.4 Å². The zero-order valence-corrected chi connectivity index (χ0v) is 16.5. The monoisotopic (exact) mass is 385 g/mol. The summed E-state index contributed by atoms with van der Waals surface area (Å²) in [4.78, 5) is 24.1. The van der Waals surface area contributed by atoms with E-state index in [1.807, 2.05) is 26.0 Å².